The van der Waals surface area contributed by atoms with Crippen LogP contribution in [0.3, 0.4) is 0 Å². The van der Waals surface area contributed by atoms with Gasteiger partial charge in [-0.05, 0) is 12.8 Å². The minimum atomic E-state index is -0.837. The Hall–Kier alpha value is -1.79. The van der Waals surface area contributed by atoms with E-state index in [9.17, 15) is 14.4 Å². The quantitative estimate of drug-likeness (QED) is 0.555. The van der Waals surface area contributed by atoms with Crippen LogP contribution in [-0.2, 0) is 9.59 Å². The van der Waals surface area contributed by atoms with Crippen LogP contribution < -0.4 is 10.6 Å². The van der Waals surface area contributed by atoms with Crippen molar-refractivity contribution >= 4 is 17.9 Å². The van der Waals surface area contributed by atoms with E-state index >= 15 is 0 Å². The highest BCUT2D eigenvalue weighted by Gasteiger charge is 2.10. The number of urea groups is 1. The fraction of sp³-hybridized carbons (Fsp3) is 0.727. The molecular weight excluding hydrogens is 238 g/mol. The van der Waals surface area contributed by atoms with E-state index in [-0.39, 0.29) is 12.5 Å². The van der Waals surface area contributed by atoms with Crippen molar-refractivity contribution in [1.82, 2.24) is 15.5 Å². The third-order valence-corrected chi connectivity index (χ3v) is 2.42. The Bertz CT molecular complexity index is 305. The van der Waals surface area contributed by atoms with Crippen LogP contribution in [0.1, 0.15) is 19.8 Å². The molecule has 0 aliphatic rings. The number of hydrogen-bond acceptors (Lipinski definition) is 3. The van der Waals surface area contributed by atoms with Crippen molar-refractivity contribution in [2.45, 2.75) is 19.8 Å². The fourth-order valence-electron chi connectivity index (χ4n) is 1.11. The molecule has 1 unspecified atom stereocenters. The molecule has 104 valence electrons. The second-order valence-electron chi connectivity index (χ2n) is 4.28. The van der Waals surface area contributed by atoms with Gasteiger partial charge in [0.2, 0.25) is 5.91 Å². The Morgan fingerprint density at radius 2 is 1.83 bits per heavy atom. The summed E-state index contributed by atoms with van der Waals surface area (Å²) in [7, 11) is 3.21. The maximum absolute atomic E-state index is 11.2. The number of likely N-dealkylation sites (N-methyl/N-ethyl adjacent to an activating group) is 1. The van der Waals surface area contributed by atoms with Gasteiger partial charge in [0.1, 0.15) is 0 Å². The van der Waals surface area contributed by atoms with Crippen molar-refractivity contribution in [3.05, 3.63) is 0 Å². The largest absolute Gasteiger partial charge is 0.481 e. The monoisotopic (exact) mass is 259 g/mol. The second kappa shape index (κ2) is 8.32. The summed E-state index contributed by atoms with van der Waals surface area (Å²) in [6.45, 7) is 1.96. The maximum Gasteiger partial charge on any atom is 0.315 e. The lowest BCUT2D eigenvalue weighted by atomic mass is 10.1. The minimum absolute atomic E-state index is 0.0512. The SMILES string of the molecule is CC(CCCNC(=O)NCC(=O)N(C)C)C(=O)O. The number of amides is 3. The van der Waals surface area contributed by atoms with Gasteiger partial charge in [-0.1, -0.05) is 6.92 Å². The Balaban J connectivity index is 3.60. The molecule has 0 aliphatic carbocycles. The Kier molecular flexibility index (Phi) is 7.50. The Morgan fingerprint density at radius 3 is 2.33 bits per heavy atom. The molecule has 0 saturated carbocycles. The van der Waals surface area contributed by atoms with E-state index in [2.05, 4.69) is 10.6 Å². The van der Waals surface area contributed by atoms with Crippen LogP contribution in [-0.4, -0.2) is 55.1 Å². The first-order valence-electron chi connectivity index (χ1n) is 5.79. The van der Waals surface area contributed by atoms with Gasteiger partial charge >= 0.3 is 12.0 Å². The van der Waals surface area contributed by atoms with E-state index in [4.69, 9.17) is 5.11 Å². The lowest BCUT2D eigenvalue weighted by molar-refractivity contribution is -0.141. The van der Waals surface area contributed by atoms with E-state index in [1.165, 1.54) is 4.90 Å². The summed E-state index contributed by atoms with van der Waals surface area (Å²) in [5.74, 6) is -1.44. The molecule has 0 aromatic heterocycles. The summed E-state index contributed by atoms with van der Waals surface area (Å²) in [6, 6.07) is -0.423. The smallest absolute Gasteiger partial charge is 0.315 e. The molecule has 0 aliphatic heterocycles. The van der Waals surface area contributed by atoms with Crippen LogP contribution in [0.2, 0.25) is 0 Å². The number of carboxylic acids is 1. The number of rotatable bonds is 7. The first-order valence-corrected chi connectivity index (χ1v) is 5.79. The third kappa shape index (κ3) is 7.48. The molecule has 0 saturated heterocycles. The number of carbonyl (C=O) groups is 3. The zero-order chi connectivity index (χ0) is 14.1. The molecule has 7 heteroatoms. The summed E-state index contributed by atoms with van der Waals surface area (Å²) < 4.78 is 0. The molecule has 0 bridgehead atoms. The molecule has 7 nitrogen and oxygen atoms in total. The van der Waals surface area contributed by atoms with Crippen LogP contribution in [0.5, 0.6) is 0 Å². The van der Waals surface area contributed by atoms with Crippen molar-refractivity contribution in [3.8, 4) is 0 Å². The third-order valence-electron chi connectivity index (χ3n) is 2.42. The molecule has 1 atom stereocenters. The molecule has 3 N–H and O–H groups in total. The molecule has 0 fully saturated rings. The topological polar surface area (TPSA) is 98.7 Å². The standard InChI is InChI=1S/C11H21N3O4/c1-8(10(16)17)5-4-6-12-11(18)13-7-9(15)14(2)3/h8H,4-7H2,1-3H3,(H,16,17)(H2,12,13,18). The predicted octanol–water partition coefficient (Wildman–Crippen LogP) is -0.125. The van der Waals surface area contributed by atoms with Crippen molar-refractivity contribution < 1.29 is 19.5 Å². The summed E-state index contributed by atoms with van der Waals surface area (Å²) >= 11 is 0. The molecule has 0 aromatic rings. The van der Waals surface area contributed by atoms with Crippen molar-refractivity contribution in [1.29, 1.82) is 0 Å². The Labute approximate surface area is 107 Å². The number of nitrogens with one attached hydrogen (secondary N) is 2. The molecule has 0 heterocycles. The molecule has 0 spiro atoms. The highest BCUT2D eigenvalue weighted by atomic mass is 16.4. The van der Waals surface area contributed by atoms with Gasteiger partial charge in [0.25, 0.3) is 0 Å². The van der Waals surface area contributed by atoms with Gasteiger partial charge in [-0.2, -0.15) is 0 Å². The number of carboxylic acid groups (broad SMARTS) is 1. The highest BCUT2D eigenvalue weighted by molar-refractivity contribution is 5.83. The number of aliphatic carboxylic acids is 1. The van der Waals surface area contributed by atoms with Crippen LogP contribution in [0.25, 0.3) is 0 Å². The average molecular weight is 259 g/mol. The van der Waals surface area contributed by atoms with E-state index < -0.39 is 17.9 Å². The van der Waals surface area contributed by atoms with Gasteiger partial charge in [-0.25, -0.2) is 4.79 Å². The summed E-state index contributed by atoms with van der Waals surface area (Å²) in [4.78, 5) is 34.3. The Morgan fingerprint density at radius 1 is 1.22 bits per heavy atom. The van der Waals surface area contributed by atoms with Crippen LogP contribution in [0.15, 0.2) is 0 Å². The number of carbonyl (C=O) groups excluding carboxylic acids is 2. The van der Waals surface area contributed by atoms with Gasteiger partial charge in [0, 0.05) is 20.6 Å². The predicted molar refractivity (Wildman–Crippen MR) is 66.1 cm³/mol. The molecule has 3 amide bonds. The van der Waals surface area contributed by atoms with Gasteiger partial charge < -0.3 is 20.6 Å². The lowest BCUT2D eigenvalue weighted by Gasteiger charge is -2.12. The van der Waals surface area contributed by atoms with Gasteiger partial charge in [-0.15, -0.1) is 0 Å². The van der Waals surface area contributed by atoms with E-state index in [1.54, 1.807) is 21.0 Å². The van der Waals surface area contributed by atoms with Crippen LogP contribution in [0, 0.1) is 5.92 Å². The molecule has 0 radical (unpaired) electrons. The first-order chi connectivity index (χ1) is 8.34. The summed E-state index contributed by atoms with van der Waals surface area (Å²) in [5, 5.41) is 13.6. The maximum atomic E-state index is 11.2. The normalized spacial score (nSPS) is 11.5. The fourth-order valence-corrected chi connectivity index (χ4v) is 1.11. The molecular formula is C11H21N3O4. The van der Waals surface area contributed by atoms with Crippen molar-refractivity contribution in [2.24, 2.45) is 5.92 Å². The lowest BCUT2D eigenvalue weighted by Crippen LogP contribution is -2.42. The van der Waals surface area contributed by atoms with Gasteiger partial charge in [0.15, 0.2) is 0 Å². The molecule has 0 rings (SSSR count). The highest BCUT2D eigenvalue weighted by Crippen LogP contribution is 2.03. The van der Waals surface area contributed by atoms with Crippen LogP contribution in [0.4, 0.5) is 4.79 Å². The second-order valence-corrected chi connectivity index (χ2v) is 4.28. The van der Waals surface area contributed by atoms with Gasteiger partial charge in [-0.3, -0.25) is 9.59 Å². The number of nitrogens with zero attached hydrogens (tertiary/aromatic N) is 1. The van der Waals surface area contributed by atoms with E-state index in [0.717, 1.165) is 0 Å². The van der Waals surface area contributed by atoms with Gasteiger partial charge in [0.05, 0.1) is 12.5 Å². The molecule has 0 aromatic carbocycles. The minimum Gasteiger partial charge on any atom is -0.481 e. The average Bonchev–Trinajstić information content (AvgIpc) is 2.30. The zero-order valence-electron chi connectivity index (χ0n) is 11.0. The van der Waals surface area contributed by atoms with Crippen molar-refractivity contribution in [2.75, 3.05) is 27.2 Å². The number of hydrogen-bond donors (Lipinski definition) is 3. The summed E-state index contributed by atoms with van der Waals surface area (Å²) in [6.07, 6.45) is 1.09. The van der Waals surface area contributed by atoms with E-state index in [0.29, 0.717) is 19.4 Å². The van der Waals surface area contributed by atoms with Crippen molar-refractivity contribution in [3.63, 3.8) is 0 Å². The van der Waals surface area contributed by atoms with E-state index in [1.807, 2.05) is 0 Å². The van der Waals surface area contributed by atoms with Crippen LogP contribution >= 0.6 is 0 Å². The summed E-state index contributed by atoms with van der Waals surface area (Å²) in [5.41, 5.74) is 0. The molecule has 18 heavy (non-hydrogen) atoms. The zero-order valence-corrected chi connectivity index (χ0v) is 11.0. The first kappa shape index (κ1) is 16.2.